The first-order chi connectivity index (χ1) is 7.11. The summed E-state index contributed by atoms with van der Waals surface area (Å²) in [6.45, 7) is 6.16. The molecule has 90 valence electrons. The number of rotatable bonds is 8. The van der Waals surface area contributed by atoms with Crippen LogP contribution >= 0.6 is 0 Å². The molecule has 0 radical (unpaired) electrons. The molecule has 3 heteroatoms. The van der Waals surface area contributed by atoms with E-state index >= 15 is 0 Å². The molecule has 0 aliphatic heterocycles. The Balaban J connectivity index is 3.73. The normalized spacial score (nSPS) is 14.7. The third kappa shape index (κ3) is 7.37. The molecule has 0 fully saturated rings. The lowest BCUT2D eigenvalue weighted by molar-refractivity contribution is -0.149. The minimum Gasteiger partial charge on any atom is -0.465 e. The van der Waals surface area contributed by atoms with Gasteiger partial charge in [0.05, 0.1) is 18.6 Å². The number of hydrogen-bond donors (Lipinski definition) is 1. The Kier molecular flexibility index (Phi) is 8.38. The summed E-state index contributed by atoms with van der Waals surface area (Å²) in [5, 5.41) is 9.01. The molecule has 0 aliphatic carbocycles. The van der Waals surface area contributed by atoms with E-state index in [9.17, 15) is 4.79 Å². The monoisotopic (exact) mass is 216 g/mol. The molecule has 0 aromatic rings. The highest BCUT2D eigenvalue weighted by Crippen LogP contribution is 2.14. The number of esters is 1. The van der Waals surface area contributed by atoms with Gasteiger partial charge in [-0.15, -0.1) is 0 Å². The minimum absolute atomic E-state index is 0.0407. The number of aliphatic hydroxyl groups excluding tert-OH is 1. The van der Waals surface area contributed by atoms with Crippen molar-refractivity contribution < 1.29 is 14.6 Å². The highest BCUT2D eigenvalue weighted by molar-refractivity contribution is 5.72. The molecular weight excluding hydrogens is 192 g/mol. The van der Waals surface area contributed by atoms with Gasteiger partial charge in [0.25, 0.3) is 0 Å². The Hall–Kier alpha value is -0.570. The topological polar surface area (TPSA) is 46.5 Å². The van der Waals surface area contributed by atoms with Crippen LogP contribution in [0, 0.1) is 5.92 Å². The molecule has 0 saturated carbocycles. The SMILES string of the molecule is CCCCC(CC)C(=O)OCCC(C)O. The molecule has 0 spiro atoms. The second-order valence-electron chi connectivity index (χ2n) is 4.05. The number of unbranched alkanes of at least 4 members (excludes halogenated alkanes) is 1. The molecule has 0 aliphatic rings. The Morgan fingerprint density at radius 2 is 2.00 bits per heavy atom. The zero-order chi connectivity index (χ0) is 11.7. The summed E-state index contributed by atoms with van der Waals surface area (Å²) in [5.41, 5.74) is 0. The first-order valence-electron chi connectivity index (χ1n) is 5.96. The quantitative estimate of drug-likeness (QED) is 0.634. The van der Waals surface area contributed by atoms with Crippen LogP contribution in [0.5, 0.6) is 0 Å². The summed E-state index contributed by atoms with van der Waals surface area (Å²) in [7, 11) is 0. The van der Waals surface area contributed by atoms with E-state index in [0.717, 1.165) is 25.7 Å². The molecule has 0 heterocycles. The van der Waals surface area contributed by atoms with Crippen molar-refractivity contribution in [2.24, 2.45) is 5.92 Å². The molecule has 15 heavy (non-hydrogen) atoms. The maximum Gasteiger partial charge on any atom is 0.308 e. The minimum atomic E-state index is -0.395. The molecule has 3 nitrogen and oxygen atoms in total. The summed E-state index contributed by atoms with van der Waals surface area (Å²) in [4.78, 5) is 11.6. The van der Waals surface area contributed by atoms with Gasteiger partial charge in [-0.1, -0.05) is 26.7 Å². The van der Waals surface area contributed by atoms with Crippen LogP contribution in [0.25, 0.3) is 0 Å². The lowest BCUT2D eigenvalue weighted by atomic mass is 10.00. The number of ether oxygens (including phenoxy) is 1. The Bertz CT molecular complexity index is 166. The third-order valence-corrected chi connectivity index (χ3v) is 2.51. The van der Waals surface area contributed by atoms with Crippen molar-refractivity contribution in [3.05, 3.63) is 0 Å². The predicted octanol–water partition coefficient (Wildman–Crippen LogP) is 2.52. The molecular formula is C12H24O3. The van der Waals surface area contributed by atoms with Gasteiger partial charge in [0.15, 0.2) is 0 Å². The van der Waals surface area contributed by atoms with Gasteiger partial charge >= 0.3 is 5.97 Å². The Morgan fingerprint density at radius 3 is 2.47 bits per heavy atom. The van der Waals surface area contributed by atoms with Crippen molar-refractivity contribution in [2.75, 3.05) is 6.61 Å². The van der Waals surface area contributed by atoms with Gasteiger partial charge in [-0.25, -0.2) is 0 Å². The van der Waals surface area contributed by atoms with Crippen LogP contribution in [0.4, 0.5) is 0 Å². The summed E-state index contributed by atoms with van der Waals surface area (Å²) in [6.07, 6.45) is 4.07. The van der Waals surface area contributed by atoms with Crippen molar-refractivity contribution in [3.8, 4) is 0 Å². The van der Waals surface area contributed by atoms with Crippen LogP contribution in [0.15, 0.2) is 0 Å². The molecule has 0 saturated heterocycles. The molecule has 2 atom stereocenters. The summed E-state index contributed by atoms with van der Waals surface area (Å²) in [5.74, 6) is -0.0643. The fourth-order valence-corrected chi connectivity index (χ4v) is 1.39. The number of hydrogen-bond acceptors (Lipinski definition) is 3. The van der Waals surface area contributed by atoms with E-state index in [1.165, 1.54) is 0 Å². The molecule has 0 aromatic heterocycles. The summed E-state index contributed by atoms with van der Waals surface area (Å²) >= 11 is 0. The van der Waals surface area contributed by atoms with Crippen molar-refractivity contribution in [1.82, 2.24) is 0 Å². The lowest BCUT2D eigenvalue weighted by Gasteiger charge is -2.14. The molecule has 1 N–H and O–H groups in total. The Morgan fingerprint density at radius 1 is 1.33 bits per heavy atom. The first kappa shape index (κ1) is 14.4. The predicted molar refractivity (Wildman–Crippen MR) is 60.6 cm³/mol. The third-order valence-electron chi connectivity index (χ3n) is 2.51. The van der Waals surface area contributed by atoms with Gasteiger partial charge in [0.2, 0.25) is 0 Å². The van der Waals surface area contributed by atoms with Crippen LogP contribution in [0.3, 0.4) is 0 Å². The van der Waals surface area contributed by atoms with Gasteiger partial charge in [-0.2, -0.15) is 0 Å². The van der Waals surface area contributed by atoms with Crippen molar-refractivity contribution in [1.29, 1.82) is 0 Å². The zero-order valence-electron chi connectivity index (χ0n) is 10.2. The largest absolute Gasteiger partial charge is 0.465 e. The van der Waals surface area contributed by atoms with Gasteiger partial charge in [-0.3, -0.25) is 4.79 Å². The first-order valence-corrected chi connectivity index (χ1v) is 5.96. The maximum absolute atomic E-state index is 11.6. The van der Waals surface area contributed by atoms with E-state index in [4.69, 9.17) is 9.84 Å². The molecule has 2 unspecified atom stereocenters. The molecule has 0 amide bonds. The zero-order valence-corrected chi connectivity index (χ0v) is 10.2. The molecule has 0 aromatic carbocycles. The van der Waals surface area contributed by atoms with Crippen LogP contribution in [-0.2, 0) is 9.53 Å². The van der Waals surface area contributed by atoms with Crippen LogP contribution in [0.2, 0.25) is 0 Å². The van der Waals surface area contributed by atoms with Crippen molar-refractivity contribution >= 4 is 5.97 Å². The number of carbonyl (C=O) groups is 1. The molecule has 0 bridgehead atoms. The summed E-state index contributed by atoms with van der Waals surface area (Å²) < 4.78 is 5.10. The Labute approximate surface area is 92.8 Å². The number of carbonyl (C=O) groups excluding carboxylic acids is 1. The van der Waals surface area contributed by atoms with E-state index in [1.807, 2.05) is 6.92 Å². The van der Waals surface area contributed by atoms with Crippen molar-refractivity contribution in [2.45, 2.75) is 59.0 Å². The van der Waals surface area contributed by atoms with E-state index in [-0.39, 0.29) is 11.9 Å². The fraction of sp³-hybridized carbons (Fsp3) is 0.917. The van der Waals surface area contributed by atoms with Crippen molar-refractivity contribution in [3.63, 3.8) is 0 Å². The standard InChI is InChI=1S/C12H24O3/c1-4-6-7-11(5-2)12(14)15-9-8-10(3)13/h10-11,13H,4-9H2,1-3H3. The van der Waals surface area contributed by atoms with Crippen LogP contribution in [-0.4, -0.2) is 23.8 Å². The van der Waals surface area contributed by atoms with Gasteiger partial charge < -0.3 is 9.84 Å². The van der Waals surface area contributed by atoms with Crippen LogP contribution < -0.4 is 0 Å². The maximum atomic E-state index is 11.6. The van der Waals surface area contributed by atoms with E-state index in [0.29, 0.717) is 13.0 Å². The highest BCUT2D eigenvalue weighted by Gasteiger charge is 2.17. The average molecular weight is 216 g/mol. The summed E-state index contributed by atoms with van der Waals surface area (Å²) in [6, 6.07) is 0. The second kappa shape index (κ2) is 8.72. The van der Waals surface area contributed by atoms with Gasteiger partial charge in [0, 0.05) is 6.42 Å². The van der Waals surface area contributed by atoms with E-state index in [2.05, 4.69) is 6.92 Å². The second-order valence-corrected chi connectivity index (χ2v) is 4.05. The van der Waals surface area contributed by atoms with E-state index in [1.54, 1.807) is 6.92 Å². The number of aliphatic hydroxyl groups is 1. The lowest BCUT2D eigenvalue weighted by Crippen LogP contribution is -2.19. The van der Waals surface area contributed by atoms with E-state index < -0.39 is 6.10 Å². The average Bonchev–Trinajstić information content (AvgIpc) is 2.18. The van der Waals surface area contributed by atoms with Gasteiger partial charge in [0.1, 0.15) is 0 Å². The smallest absolute Gasteiger partial charge is 0.308 e. The van der Waals surface area contributed by atoms with Gasteiger partial charge in [-0.05, 0) is 19.8 Å². The highest BCUT2D eigenvalue weighted by atomic mass is 16.5. The van der Waals surface area contributed by atoms with Crippen LogP contribution in [0.1, 0.15) is 52.9 Å². The molecule has 0 rings (SSSR count). The fourth-order valence-electron chi connectivity index (χ4n) is 1.39.